The molecule has 0 saturated carbocycles. The van der Waals surface area contributed by atoms with E-state index in [2.05, 4.69) is 9.98 Å². The fourth-order valence-corrected chi connectivity index (χ4v) is 2.94. The second kappa shape index (κ2) is 7.58. The minimum Gasteiger partial charge on any atom is -0.494 e. The van der Waals surface area contributed by atoms with Gasteiger partial charge in [-0.05, 0) is 30.7 Å². The minimum atomic E-state index is -0.349. The van der Waals surface area contributed by atoms with E-state index >= 15 is 0 Å². The molecule has 0 saturated heterocycles. The molecular formula is C20H22FN3O2. The Morgan fingerprint density at radius 1 is 1.31 bits per heavy atom. The summed E-state index contributed by atoms with van der Waals surface area (Å²) in [6.07, 6.45) is 1.56. The van der Waals surface area contributed by atoms with Gasteiger partial charge < -0.3 is 19.7 Å². The predicted octanol–water partition coefficient (Wildman–Crippen LogP) is 4.15. The molecule has 136 valence electrons. The zero-order valence-corrected chi connectivity index (χ0v) is 15.1. The van der Waals surface area contributed by atoms with Crippen LogP contribution in [-0.4, -0.2) is 43.6 Å². The molecule has 0 aliphatic carbocycles. The van der Waals surface area contributed by atoms with Gasteiger partial charge in [-0.1, -0.05) is 12.1 Å². The second-order valence-corrected chi connectivity index (χ2v) is 6.19. The highest BCUT2D eigenvalue weighted by Gasteiger charge is 2.11. The average molecular weight is 355 g/mol. The van der Waals surface area contributed by atoms with Crippen LogP contribution in [0.3, 0.4) is 0 Å². The van der Waals surface area contributed by atoms with Crippen molar-refractivity contribution in [3.05, 3.63) is 53.3 Å². The highest BCUT2D eigenvalue weighted by molar-refractivity contribution is 6.04. The van der Waals surface area contributed by atoms with Gasteiger partial charge in [-0.25, -0.2) is 4.39 Å². The number of benzene rings is 2. The van der Waals surface area contributed by atoms with Crippen LogP contribution in [-0.2, 0) is 4.74 Å². The van der Waals surface area contributed by atoms with Gasteiger partial charge in [0.15, 0.2) is 5.88 Å². The van der Waals surface area contributed by atoms with Crippen molar-refractivity contribution >= 4 is 28.5 Å². The first-order valence-corrected chi connectivity index (χ1v) is 8.35. The summed E-state index contributed by atoms with van der Waals surface area (Å²) in [6.45, 7) is 3.09. The predicted molar refractivity (Wildman–Crippen MR) is 104 cm³/mol. The zero-order valence-electron chi connectivity index (χ0n) is 15.1. The van der Waals surface area contributed by atoms with Crippen molar-refractivity contribution in [2.24, 2.45) is 4.99 Å². The van der Waals surface area contributed by atoms with Crippen LogP contribution in [0, 0.1) is 12.7 Å². The van der Waals surface area contributed by atoms with E-state index in [1.165, 1.54) is 6.07 Å². The summed E-state index contributed by atoms with van der Waals surface area (Å²) < 4.78 is 19.4. The second-order valence-electron chi connectivity index (χ2n) is 6.19. The number of ether oxygens (including phenoxy) is 1. The van der Waals surface area contributed by atoms with Crippen LogP contribution < -0.4 is 4.90 Å². The Hall–Kier alpha value is -2.86. The number of fused-ring (bicyclic) bond motifs is 1. The summed E-state index contributed by atoms with van der Waals surface area (Å²) in [7, 11) is 3.43. The molecule has 0 aliphatic heterocycles. The fraction of sp³-hybridized carbons (Fsp3) is 0.250. The quantitative estimate of drug-likeness (QED) is 0.653. The minimum absolute atomic E-state index is 0.0504. The number of rotatable bonds is 6. The lowest BCUT2D eigenvalue weighted by Crippen LogP contribution is -2.22. The summed E-state index contributed by atoms with van der Waals surface area (Å²) in [5.41, 5.74) is 3.44. The number of halogens is 1. The van der Waals surface area contributed by atoms with Crippen molar-refractivity contribution in [1.29, 1.82) is 0 Å². The molecule has 5 nitrogen and oxygen atoms in total. The number of nitrogens with one attached hydrogen (secondary N) is 1. The summed E-state index contributed by atoms with van der Waals surface area (Å²) in [5.74, 6) is -0.299. The molecule has 2 N–H and O–H groups in total. The van der Waals surface area contributed by atoms with Gasteiger partial charge in [0.2, 0.25) is 0 Å². The van der Waals surface area contributed by atoms with Crippen LogP contribution in [0.25, 0.3) is 10.9 Å². The van der Waals surface area contributed by atoms with Crippen molar-refractivity contribution in [2.75, 3.05) is 32.2 Å². The molecule has 0 spiro atoms. The van der Waals surface area contributed by atoms with E-state index in [-0.39, 0.29) is 11.7 Å². The number of likely N-dealkylation sites (N-methyl/N-ethyl adjacent to an activating group) is 1. The molecular weight excluding hydrogens is 333 g/mol. The molecule has 6 heteroatoms. The molecule has 26 heavy (non-hydrogen) atoms. The number of aromatic nitrogens is 1. The van der Waals surface area contributed by atoms with Crippen LogP contribution in [0.5, 0.6) is 5.88 Å². The summed E-state index contributed by atoms with van der Waals surface area (Å²) >= 11 is 0. The van der Waals surface area contributed by atoms with Gasteiger partial charge in [0.05, 0.1) is 23.5 Å². The van der Waals surface area contributed by atoms with Gasteiger partial charge in [-0.3, -0.25) is 4.99 Å². The third-order valence-electron chi connectivity index (χ3n) is 4.37. The Labute approximate surface area is 151 Å². The van der Waals surface area contributed by atoms with Crippen molar-refractivity contribution < 1.29 is 14.2 Å². The third kappa shape index (κ3) is 3.55. The number of aliphatic imine (C=N–C) groups is 1. The van der Waals surface area contributed by atoms with Crippen molar-refractivity contribution in [3.63, 3.8) is 0 Å². The summed E-state index contributed by atoms with van der Waals surface area (Å²) in [4.78, 5) is 9.06. The van der Waals surface area contributed by atoms with Gasteiger partial charge in [0, 0.05) is 43.9 Å². The van der Waals surface area contributed by atoms with Crippen LogP contribution >= 0.6 is 0 Å². The van der Waals surface area contributed by atoms with Crippen LogP contribution in [0.15, 0.2) is 41.4 Å². The Kier molecular flexibility index (Phi) is 5.23. The Morgan fingerprint density at radius 2 is 2.12 bits per heavy atom. The highest BCUT2D eigenvalue weighted by Crippen LogP contribution is 2.29. The van der Waals surface area contributed by atoms with Crippen LogP contribution in [0.1, 0.15) is 11.1 Å². The van der Waals surface area contributed by atoms with Gasteiger partial charge in [-0.2, -0.15) is 0 Å². The molecule has 0 fully saturated rings. The van der Waals surface area contributed by atoms with Crippen molar-refractivity contribution in [1.82, 2.24) is 4.98 Å². The number of methoxy groups -OCH3 is 1. The number of anilines is 1. The Bertz CT molecular complexity index is 950. The average Bonchev–Trinajstić information content (AvgIpc) is 2.94. The van der Waals surface area contributed by atoms with Gasteiger partial charge in [-0.15, -0.1) is 0 Å². The number of nitrogens with zero attached hydrogens (tertiary/aromatic N) is 2. The largest absolute Gasteiger partial charge is 0.494 e. The molecule has 3 aromatic rings. The molecule has 0 atom stereocenters. The maximum atomic E-state index is 14.4. The molecule has 0 unspecified atom stereocenters. The molecule has 0 bridgehead atoms. The maximum absolute atomic E-state index is 14.4. The third-order valence-corrected chi connectivity index (χ3v) is 4.37. The topological polar surface area (TPSA) is 60.9 Å². The number of aromatic amines is 1. The molecule has 1 heterocycles. The van der Waals surface area contributed by atoms with Crippen molar-refractivity contribution in [3.8, 4) is 5.88 Å². The van der Waals surface area contributed by atoms with Gasteiger partial charge >= 0.3 is 0 Å². The zero-order chi connectivity index (χ0) is 18.7. The number of H-pyrrole nitrogens is 1. The van der Waals surface area contributed by atoms with E-state index in [0.717, 1.165) is 16.5 Å². The monoisotopic (exact) mass is 355 g/mol. The number of aryl methyl sites for hydroxylation is 1. The molecule has 0 aliphatic rings. The van der Waals surface area contributed by atoms with E-state index < -0.39 is 0 Å². The smallest absolute Gasteiger partial charge is 0.198 e. The van der Waals surface area contributed by atoms with Gasteiger partial charge in [0.1, 0.15) is 5.82 Å². The standard InChI is InChI=1S/C20H22FN3O2/c1-13-5-4-6-17-19(13)15(20(25)23-17)12-22-14-7-8-18(16(21)11-14)24(2)9-10-26-3/h4-8,11-12,23,25H,9-10H2,1-3H3. The molecule has 2 aromatic carbocycles. The summed E-state index contributed by atoms with van der Waals surface area (Å²) in [6, 6.07) is 10.6. The lowest BCUT2D eigenvalue weighted by atomic mass is 10.1. The number of hydrogen-bond donors (Lipinski definition) is 2. The normalized spacial score (nSPS) is 11.5. The molecule has 3 rings (SSSR count). The van der Waals surface area contributed by atoms with E-state index in [9.17, 15) is 9.50 Å². The first-order valence-electron chi connectivity index (χ1n) is 8.35. The highest BCUT2D eigenvalue weighted by atomic mass is 19.1. The van der Waals surface area contributed by atoms with Crippen LogP contribution in [0.2, 0.25) is 0 Å². The van der Waals surface area contributed by atoms with Crippen molar-refractivity contribution in [2.45, 2.75) is 6.92 Å². The number of hydrogen-bond acceptors (Lipinski definition) is 4. The van der Waals surface area contributed by atoms with E-state index in [1.807, 2.05) is 32.2 Å². The first-order chi connectivity index (χ1) is 12.5. The number of aromatic hydroxyl groups is 1. The summed E-state index contributed by atoms with van der Waals surface area (Å²) in [5, 5.41) is 11.1. The maximum Gasteiger partial charge on any atom is 0.198 e. The molecule has 0 amide bonds. The fourth-order valence-electron chi connectivity index (χ4n) is 2.94. The molecule has 0 radical (unpaired) electrons. The van der Waals surface area contributed by atoms with E-state index in [0.29, 0.717) is 30.1 Å². The Balaban J connectivity index is 1.88. The Morgan fingerprint density at radius 3 is 2.85 bits per heavy atom. The first kappa shape index (κ1) is 17.9. The lowest BCUT2D eigenvalue weighted by molar-refractivity contribution is 0.206. The van der Waals surface area contributed by atoms with E-state index in [1.54, 1.807) is 30.4 Å². The van der Waals surface area contributed by atoms with Crippen LogP contribution in [0.4, 0.5) is 15.8 Å². The van der Waals surface area contributed by atoms with E-state index in [4.69, 9.17) is 4.74 Å². The SMILES string of the molecule is COCCN(C)c1ccc(N=Cc2c(O)[nH]c3cccc(C)c23)cc1F. The van der Waals surface area contributed by atoms with Gasteiger partial charge in [0.25, 0.3) is 0 Å². The molecule has 1 aromatic heterocycles. The lowest BCUT2D eigenvalue weighted by Gasteiger charge is -2.19.